The Morgan fingerprint density at radius 2 is 1.71 bits per heavy atom. The highest BCUT2D eigenvalue weighted by molar-refractivity contribution is 7.10. The van der Waals surface area contributed by atoms with E-state index in [9.17, 15) is 9.59 Å². The molecular formula is C26H26N2O2S. The monoisotopic (exact) mass is 430 g/mol. The SMILES string of the molecule is O=C(NCc1ccccc1)[C@@H]1c2ccccc2C(=O)N(C2CCCC2)[C@@H]1c1cccs1. The Balaban J connectivity index is 1.56. The van der Waals surface area contributed by atoms with Crippen molar-refractivity contribution < 1.29 is 9.59 Å². The Hall–Kier alpha value is -2.92. The number of nitrogens with zero attached hydrogens (tertiary/aromatic N) is 1. The van der Waals surface area contributed by atoms with Gasteiger partial charge in [0.2, 0.25) is 5.91 Å². The molecule has 2 aromatic carbocycles. The molecule has 1 aromatic heterocycles. The molecule has 2 amide bonds. The maximum absolute atomic E-state index is 13.7. The average Bonchev–Trinajstić information content (AvgIpc) is 3.52. The molecule has 31 heavy (non-hydrogen) atoms. The molecule has 0 unspecified atom stereocenters. The molecule has 0 bridgehead atoms. The first-order valence-electron chi connectivity index (χ1n) is 11.0. The first kappa shape index (κ1) is 20.0. The van der Waals surface area contributed by atoms with Gasteiger partial charge in [0.25, 0.3) is 5.91 Å². The molecule has 1 N–H and O–H groups in total. The summed E-state index contributed by atoms with van der Waals surface area (Å²) >= 11 is 1.63. The topological polar surface area (TPSA) is 49.4 Å². The second-order valence-corrected chi connectivity index (χ2v) is 9.36. The van der Waals surface area contributed by atoms with E-state index in [4.69, 9.17) is 0 Å². The van der Waals surface area contributed by atoms with Gasteiger partial charge in [-0.15, -0.1) is 11.3 Å². The van der Waals surface area contributed by atoms with Crippen molar-refractivity contribution in [3.8, 4) is 0 Å². The third-order valence-electron chi connectivity index (χ3n) is 6.52. The summed E-state index contributed by atoms with van der Waals surface area (Å²) in [6, 6.07) is 21.6. The van der Waals surface area contributed by atoms with Crippen LogP contribution in [0.25, 0.3) is 0 Å². The van der Waals surface area contributed by atoms with Gasteiger partial charge < -0.3 is 10.2 Å². The normalized spacial score (nSPS) is 21.2. The predicted octanol–water partition coefficient (Wildman–Crippen LogP) is 5.29. The van der Waals surface area contributed by atoms with Gasteiger partial charge in [0.15, 0.2) is 0 Å². The summed E-state index contributed by atoms with van der Waals surface area (Å²) < 4.78 is 0. The van der Waals surface area contributed by atoms with E-state index in [0.717, 1.165) is 41.7 Å². The number of nitrogens with one attached hydrogen (secondary N) is 1. The Bertz CT molecular complexity index is 1060. The summed E-state index contributed by atoms with van der Waals surface area (Å²) in [4.78, 5) is 30.4. The number of hydrogen-bond acceptors (Lipinski definition) is 3. The van der Waals surface area contributed by atoms with Crippen LogP contribution in [0.5, 0.6) is 0 Å². The van der Waals surface area contributed by atoms with E-state index in [0.29, 0.717) is 12.1 Å². The highest BCUT2D eigenvalue weighted by Gasteiger charge is 2.47. The van der Waals surface area contributed by atoms with Crippen molar-refractivity contribution in [3.63, 3.8) is 0 Å². The average molecular weight is 431 g/mol. The summed E-state index contributed by atoms with van der Waals surface area (Å²) in [5.74, 6) is -0.380. The van der Waals surface area contributed by atoms with Crippen LogP contribution in [0.2, 0.25) is 0 Å². The lowest BCUT2D eigenvalue weighted by Crippen LogP contribution is -2.50. The van der Waals surface area contributed by atoms with Crippen LogP contribution in [0.3, 0.4) is 0 Å². The molecule has 5 rings (SSSR count). The Labute approximate surface area is 186 Å². The zero-order valence-corrected chi connectivity index (χ0v) is 18.2. The standard InChI is InChI=1S/C26H26N2O2S/c29-25(27-17-18-9-2-1-3-10-18)23-20-13-6-7-14-21(20)26(30)28(19-11-4-5-12-19)24(23)22-15-8-16-31-22/h1-3,6-10,13-16,19,23-24H,4-5,11-12,17H2,(H,27,29)/t23-,24-/m1/s1. The van der Waals surface area contributed by atoms with Gasteiger partial charge >= 0.3 is 0 Å². The molecule has 2 heterocycles. The van der Waals surface area contributed by atoms with E-state index in [1.807, 2.05) is 70.9 Å². The van der Waals surface area contributed by atoms with Crippen LogP contribution in [0, 0.1) is 0 Å². The largest absolute Gasteiger partial charge is 0.351 e. The van der Waals surface area contributed by atoms with Crippen LogP contribution in [0.15, 0.2) is 72.1 Å². The summed E-state index contributed by atoms with van der Waals surface area (Å²) in [6.45, 7) is 0.479. The minimum atomic E-state index is -0.420. The summed E-state index contributed by atoms with van der Waals surface area (Å²) in [5.41, 5.74) is 2.57. The van der Waals surface area contributed by atoms with Gasteiger partial charge in [0, 0.05) is 23.0 Å². The molecule has 2 aliphatic rings. The van der Waals surface area contributed by atoms with Crippen LogP contribution in [0.4, 0.5) is 0 Å². The van der Waals surface area contributed by atoms with Crippen molar-refractivity contribution in [3.05, 3.63) is 93.7 Å². The molecule has 3 aromatic rings. The van der Waals surface area contributed by atoms with E-state index in [-0.39, 0.29) is 23.9 Å². The third-order valence-corrected chi connectivity index (χ3v) is 7.46. The Morgan fingerprint density at radius 1 is 0.968 bits per heavy atom. The van der Waals surface area contributed by atoms with Gasteiger partial charge in [-0.25, -0.2) is 0 Å². The van der Waals surface area contributed by atoms with Gasteiger partial charge in [-0.05, 0) is 41.5 Å². The van der Waals surface area contributed by atoms with Crippen LogP contribution >= 0.6 is 11.3 Å². The number of hydrogen-bond donors (Lipinski definition) is 1. The minimum Gasteiger partial charge on any atom is -0.351 e. The van der Waals surface area contributed by atoms with Crippen LogP contribution in [0.1, 0.15) is 64.0 Å². The van der Waals surface area contributed by atoms with E-state index in [1.165, 1.54) is 0 Å². The summed E-state index contributed by atoms with van der Waals surface area (Å²) in [5, 5.41) is 5.19. The first-order valence-corrected chi connectivity index (χ1v) is 11.9. The lowest BCUT2D eigenvalue weighted by Gasteiger charge is -2.44. The van der Waals surface area contributed by atoms with E-state index < -0.39 is 5.92 Å². The molecule has 0 radical (unpaired) electrons. The number of carbonyl (C=O) groups is 2. The highest BCUT2D eigenvalue weighted by atomic mass is 32.1. The molecule has 4 nitrogen and oxygen atoms in total. The quantitative estimate of drug-likeness (QED) is 0.598. The van der Waals surface area contributed by atoms with E-state index in [2.05, 4.69) is 11.4 Å². The van der Waals surface area contributed by atoms with E-state index >= 15 is 0 Å². The van der Waals surface area contributed by atoms with Crippen molar-refractivity contribution in [2.24, 2.45) is 0 Å². The highest BCUT2D eigenvalue weighted by Crippen LogP contribution is 2.47. The van der Waals surface area contributed by atoms with E-state index in [1.54, 1.807) is 11.3 Å². The number of benzene rings is 2. The lowest BCUT2D eigenvalue weighted by molar-refractivity contribution is -0.124. The fourth-order valence-corrected chi connectivity index (χ4v) is 5.94. The molecular weight excluding hydrogens is 404 g/mol. The van der Waals surface area contributed by atoms with Crippen molar-refractivity contribution in [2.45, 2.75) is 50.2 Å². The summed E-state index contributed by atoms with van der Waals surface area (Å²) in [6.07, 6.45) is 4.29. The molecule has 2 atom stereocenters. The second-order valence-electron chi connectivity index (χ2n) is 8.38. The fourth-order valence-electron chi connectivity index (χ4n) is 5.07. The van der Waals surface area contributed by atoms with Crippen LogP contribution in [-0.2, 0) is 11.3 Å². The van der Waals surface area contributed by atoms with Crippen LogP contribution in [-0.4, -0.2) is 22.8 Å². The predicted molar refractivity (Wildman–Crippen MR) is 123 cm³/mol. The number of amides is 2. The molecule has 0 saturated heterocycles. The molecule has 1 aliphatic heterocycles. The molecule has 1 fully saturated rings. The first-order chi connectivity index (χ1) is 15.2. The molecule has 0 spiro atoms. The smallest absolute Gasteiger partial charge is 0.254 e. The van der Waals surface area contributed by atoms with Crippen LogP contribution < -0.4 is 5.32 Å². The van der Waals surface area contributed by atoms with Gasteiger partial charge in [-0.1, -0.05) is 67.4 Å². The molecule has 1 saturated carbocycles. The Kier molecular flexibility index (Phi) is 5.60. The van der Waals surface area contributed by atoms with Crippen molar-refractivity contribution in [2.75, 3.05) is 0 Å². The molecule has 1 aliphatic carbocycles. The van der Waals surface area contributed by atoms with Gasteiger partial charge in [0.1, 0.15) is 0 Å². The number of fused-ring (bicyclic) bond motifs is 1. The number of thiophene rings is 1. The van der Waals surface area contributed by atoms with Crippen molar-refractivity contribution in [1.82, 2.24) is 10.2 Å². The number of carbonyl (C=O) groups excluding carboxylic acids is 2. The fraction of sp³-hybridized carbons (Fsp3) is 0.308. The summed E-state index contributed by atoms with van der Waals surface area (Å²) in [7, 11) is 0. The molecule has 5 heteroatoms. The second kappa shape index (κ2) is 8.67. The zero-order chi connectivity index (χ0) is 21.2. The lowest BCUT2D eigenvalue weighted by atomic mass is 9.80. The Morgan fingerprint density at radius 3 is 2.45 bits per heavy atom. The van der Waals surface area contributed by atoms with Gasteiger partial charge in [-0.3, -0.25) is 9.59 Å². The number of rotatable bonds is 5. The van der Waals surface area contributed by atoms with Gasteiger partial charge in [0.05, 0.1) is 12.0 Å². The zero-order valence-electron chi connectivity index (χ0n) is 17.4. The maximum atomic E-state index is 13.7. The van der Waals surface area contributed by atoms with Gasteiger partial charge in [-0.2, -0.15) is 0 Å². The van der Waals surface area contributed by atoms with Crippen molar-refractivity contribution >= 4 is 23.2 Å². The van der Waals surface area contributed by atoms with Crippen molar-refractivity contribution in [1.29, 1.82) is 0 Å². The maximum Gasteiger partial charge on any atom is 0.254 e. The molecule has 158 valence electrons. The minimum absolute atomic E-state index is 0.0230. The third kappa shape index (κ3) is 3.79.